The summed E-state index contributed by atoms with van der Waals surface area (Å²) in [6.45, 7) is 8.29. The van der Waals surface area contributed by atoms with E-state index in [1.165, 1.54) is 12.8 Å². The lowest BCUT2D eigenvalue weighted by molar-refractivity contribution is -0.117. The first-order valence-electron chi connectivity index (χ1n) is 7.04. The van der Waals surface area contributed by atoms with Crippen LogP contribution in [-0.4, -0.2) is 30.4 Å². The summed E-state index contributed by atoms with van der Waals surface area (Å²) in [5, 5.41) is 3.97. The second-order valence-electron chi connectivity index (χ2n) is 4.60. The standard InChI is InChI=1S/C13H16Cl2N2O.C2H6/c1-9-11(14)6-10(7-12(9)15)16-13(18)8-17-4-2-3-5-17;1-2/h6-7H,2-5,8H2,1H3,(H,16,18);1-2H3. The molecule has 1 amide bonds. The van der Waals surface area contributed by atoms with Gasteiger partial charge in [-0.15, -0.1) is 0 Å². The molecule has 0 radical (unpaired) electrons. The van der Waals surface area contributed by atoms with Crippen molar-refractivity contribution in [2.45, 2.75) is 33.6 Å². The zero-order chi connectivity index (χ0) is 15.1. The average molecular weight is 317 g/mol. The number of carbonyl (C=O) groups is 1. The number of hydrogen-bond acceptors (Lipinski definition) is 2. The van der Waals surface area contributed by atoms with E-state index in [0.717, 1.165) is 18.7 Å². The summed E-state index contributed by atoms with van der Waals surface area (Å²) in [4.78, 5) is 14.0. The molecule has 1 aliphatic heterocycles. The Morgan fingerprint density at radius 1 is 1.20 bits per heavy atom. The van der Waals surface area contributed by atoms with Gasteiger partial charge in [-0.2, -0.15) is 0 Å². The number of rotatable bonds is 3. The normalized spacial score (nSPS) is 14.7. The molecule has 0 unspecified atom stereocenters. The largest absolute Gasteiger partial charge is 0.325 e. The first-order chi connectivity index (χ1) is 9.56. The monoisotopic (exact) mass is 316 g/mol. The van der Waals surface area contributed by atoms with Crippen LogP contribution in [0.2, 0.25) is 10.0 Å². The van der Waals surface area contributed by atoms with Crippen molar-refractivity contribution in [2.75, 3.05) is 25.0 Å². The number of halogens is 2. The molecule has 1 saturated heterocycles. The molecule has 0 aliphatic carbocycles. The molecule has 3 nitrogen and oxygen atoms in total. The topological polar surface area (TPSA) is 32.3 Å². The van der Waals surface area contributed by atoms with E-state index in [2.05, 4.69) is 10.2 Å². The van der Waals surface area contributed by atoms with Crippen LogP contribution >= 0.6 is 23.2 Å². The van der Waals surface area contributed by atoms with Crippen molar-refractivity contribution in [3.63, 3.8) is 0 Å². The van der Waals surface area contributed by atoms with Gasteiger partial charge in [-0.25, -0.2) is 0 Å². The Bertz CT molecular complexity index is 434. The second-order valence-corrected chi connectivity index (χ2v) is 5.41. The third-order valence-electron chi connectivity index (χ3n) is 3.13. The van der Waals surface area contributed by atoms with Gasteiger partial charge in [0, 0.05) is 15.7 Å². The van der Waals surface area contributed by atoms with Gasteiger partial charge in [0.2, 0.25) is 5.91 Å². The molecule has 1 N–H and O–H groups in total. The maximum absolute atomic E-state index is 11.8. The lowest BCUT2D eigenvalue weighted by Gasteiger charge is -2.14. The van der Waals surface area contributed by atoms with Crippen LogP contribution in [0.5, 0.6) is 0 Å². The van der Waals surface area contributed by atoms with Gasteiger partial charge in [0.05, 0.1) is 6.54 Å². The van der Waals surface area contributed by atoms with Gasteiger partial charge in [0.1, 0.15) is 0 Å². The molecular formula is C15H22Cl2N2O. The van der Waals surface area contributed by atoms with E-state index in [1.54, 1.807) is 12.1 Å². The van der Waals surface area contributed by atoms with E-state index < -0.39 is 0 Å². The molecule has 2 rings (SSSR count). The van der Waals surface area contributed by atoms with Gasteiger partial charge in [-0.1, -0.05) is 37.0 Å². The SMILES string of the molecule is CC.Cc1c(Cl)cc(NC(=O)CN2CCCC2)cc1Cl. The van der Waals surface area contributed by atoms with Crippen molar-refractivity contribution >= 4 is 34.8 Å². The highest BCUT2D eigenvalue weighted by Crippen LogP contribution is 2.28. The molecule has 20 heavy (non-hydrogen) atoms. The van der Waals surface area contributed by atoms with Crippen LogP contribution in [0.4, 0.5) is 5.69 Å². The maximum Gasteiger partial charge on any atom is 0.238 e. The zero-order valence-electron chi connectivity index (χ0n) is 12.3. The summed E-state index contributed by atoms with van der Waals surface area (Å²) in [5.41, 5.74) is 1.48. The van der Waals surface area contributed by atoms with Gasteiger partial charge in [-0.3, -0.25) is 9.69 Å². The number of likely N-dealkylation sites (tertiary alicyclic amines) is 1. The minimum Gasteiger partial charge on any atom is -0.325 e. The fourth-order valence-electron chi connectivity index (χ4n) is 2.06. The number of amides is 1. The summed E-state index contributed by atoms with van der Waals surface area (Å²) in [5.74, 6) is -0.0205. The van der Waals surface area contributed by atoms with Crippen molar-refractivity contribution in [1.29, 1.82) is 0 Å². The fourth-order valence-corrected chi connectivity index (χ4v) is 2.55. The molecule has 0 aromatic heterocycles. The highest BCUT2D eigenvalue weighted by molar-refractivity contribution is 6.36. The molecule has 0 saturated carbocycles. The Kier molecular flexibility index (Phi) is 7.35. The van der Waals surface area contributed by atoms with Gasteiger partial charge >= 0.3 is 0 Å². The predicted molar refractivity (Wildman–Crippen MR) is 86.9 cm³/mol. The second kappa shape index (κ2) is 8.50. The van der Waals surface area contributed by atoms with Gasteiger partial charge in [-0.05, 0) is 50.6 Å². The molecule has 1 aromatic carbocycles. The number of benzene rings is 1. The summed E-state index contributed by atoms with van der Waals surface area (Å²) in [7, 11) is 0. The highest BCUT2D eigenvalue weighted by Gasteiger charge is 2.15. The Balaban J connectivity index is 0.000000956. The smallest absolute Gasteiger partial charge is 0.238 e. The third-order valence-corrected chi connectivity index (χ3v) is 3.92. The highest BCUT2D eigenvalue weighted by atomic mass is 35.5. The summed E-state index contributed by atoms with van der Waals surface area (Å²) >= 11 is 12.1. The predicted octanol–water partition coefficient (Wildman–Crippen LogP) is 4.36. The Morgan fingerprint density at radius 2 is 1.70 bits per heavy atom. The molecular weight excluding hydrogens is 295 g/mol. The number of nitrogens with one attached hydrogen (secondary N) is 1. The Labute approximate surface area is 131 Å². The minimum absolute atomic E-state index is 0.0205. The van der Waals surface area contributed by atoms with Crippen molar-refractivity contribution < 1.29 is 4.79 Å². The van der Waals surface area contributed by atoms with E-state index in [1.807, 2.05) is 20.8 Å². The van der Waals surface area contributed by atoms with E-state index >= 15 is 0 Å². The first kappa shape index (κ1) is 17.3. The summed E-state index contributed by atoms with van der Waals surface area (Å²) in [6.07, 6.45) is 2.35. The molecule has 5 heteroatoms. The zero-order valence-corrected chi connectivity index (χ0v) is 13.8. The van der Waals surface area contributed by atoms with Crippen molar-refractivity contribution in [3.05, 3.63) is 27.7 Å². The molecule has 1 heterocycles. The van der Waals surface area contributed by atoms with Gasteiger partial charge in [0.25, 0.3) is 0 Å². The van der Waals surface area contributed by atoms with E-state index in [9.17, 15) is 4.79 Å². The lowest BCUT2D eigenvalue weighted by Crippen LogP contribution is -2.30. The molecule has 0 bridgehead atoms. The average Bonchev–Trinajstić information content (AvgIpc) is 2.91. The van der Waals surface area contributed by atoms with Crippen molar-refractivity contribution in [2.24, 2.45) is 0 Å². The lowest BCUT2D eigenvalue weighted by atomic mass is 10.2. The van der Waals surface area contributed by atoms with Crippen molar-refractivity contribution in [3.8, 4) is 0 Å². The minimum atomic E-state index is -0.0205. The summed E-state index contributed by atoms with van der Waals surface area (Å²) < 4.78 is 0. The van der Waals surface area contributed by atoms with E-state index in [0.29, 0.717) is 22.3 Å². The van der Waals surface area contributed by atoms with Crippen LogP contribution in [0, 0.1) is 6.92 Å². The van der Waals surface area contributed by atoms with E-state index in [4.69, 9.17) is 23.2 Å². The number of nitrogens with zero attached hydrogens (tertiary/aromatic N) is 1. The van der Waals surface area contributed by atoms with Crippen LogP contribution in [0.1, 0.15) is 32.3 Å². The van der Waals surface area contributed by atoms with Crippen LogP contribution < -0.4 is 5.32 Å². The van der Waals surface area contributed by atoms with Crippen LogP contribution in [0.15, 0.2) is 12.1 Å². The Morgan fingerprint density at radius 3 is 2.20 bits per heavy atom. The molecule has 0 atom stereocenters. The van der Waals surface area contributed by atoms with Crippen LogP contribution in [0.25, 0.3) is 0 Å². The number of anilines is 1. The van der Waals surface area contributed by atoms with Crippen LogP contribution in [-0.2, 0) is 4.79 Å². The molecule has 1 aromatic rings. The molecule has 1 fully saturated rings. The summed E-state index contributed by atoms with van der Waals surface area (Å²) in [6, 6.07) is 3.45. The Hall–Kier alpha value is -0.770. The first-order valence-corrected chi connectivity index (χ1v) is 7.79. The number of carbonyl (C=O) groups excluding carboxylic acids is 1. The van der Waals surface area contributed by atoms with Crippen LogP contribution in [0.3, 0.4) is 0 Å². The third kappa shape index (κ3) is 4.97. The molecule has 0 spiro atoms. The van der Waals surface area contributed by atoms with Crippen molar-refractivity contribution in [1.82, 2.24) is 4.90 Å². The quantitative estimate of drug-likeness (QED) is 0.898. The van der Waals surface area contributed by atoms with Gasteiger partial charge in [0.15, 0.2) is 0 Å². The van der Waals surface area contributed by atoms with E-state index in [-0.39, 0.29) is 5.91 Å². The molecule has 112 valence electrons. The number of hydrogen-bond donors (Lipinski definition) is 1. The fraction of sp³-hybridized carbons (Fsp3) is 0.533. The maximum atomic E-state index is 11.8. The molecule has 1 aliphatic rings. The van der Waals surface area contributed by atoms with Gasteiger partial charge < -0.3 is 5.32 Å².